The second kappa shape index (κ2) is 3.97. The van der Waals surface area contributed by atoms with Crippen molar-refractivity contribution in [1.82, 2.24) is 15.1 Å². The molecule has 0 radical (unpaired) electrons. The molecular formula is C11H12N4OS. The Balaban J connectivity index is 1.98. The summed E-state index contributed by atoms with van der Waals surface area (Å²) in [6, 6.07) is 3.89. The normalized spacial score (nSPS) is 13.3. The molecule has 0 aliphatic heterocycles. The van der Waals surface area contributed by atoms with E-state index >= 15 is 0 Å². The number of nitrogens with zero attached hydrogens (tertiary/aromatic N) is 2. The molecule has 0 aliphatic rings. The first-order valence-corrected chi connectivity index (χ1v) is 6.26. The lowest BCUT2D eigenvalue weighted by atomic mass is 10.2. The summed E-state index contributed by atoms with van der Waals surface area (Å²) in [6.45, 7) is 1.99. The maximum Gasteiger partial charge on any atom is 0.243 e. The Morgan fingerprint density at radius 1 is 1.59 bits per heavy atom. The van der Waals surface area contributed by atoms with Gasteiger partial charge in [-0.2, -0.15) is 4.98 Å². The van der Waals surface area contributed by atoms with Crippen molar-refractivity contribution in [2.45, 2.75) is 19.4 Å². The van der Waals surface area contributed by atoms with Crippen LogP contribution in [0, 0.1) is 0 Å². The molecule has 3 aromatic heterocycles. The molecule has 0 saturated carbocycles. The zero-order valence-electron chi connectivity index (χ0n) is 9.30. The number of fused-ring (bicyclic) bond motifs is 1. The van der Waals surface area contributed by atoms with Crippen LogP contribution in [0.1, 0.15) is 25.3 Å². The van der Waals surface area contributed by atoms with Gasteiger partial charge >= 0.3 is 0 Å². The van der Waals surface area contributed by atoms with Gasteiger partial charge in [0.2, 0.25) is 11.7 Å². The minimum absolute atomic E-state index is 0.180. The van der Waals surface area contributed by atoms with Crippen LogP contribution in [0.2, 0.25) is 0 Å². The minimum Gasteiger partial charge on any atom is -0.353 e. The molecule has 1 unspecified atom stereocenters. The van der Waals surface area contributed by atoms with E-state index in [9.17, 15) is 0 Å². The number of H-pyrrole nitrogens is 1. The van der Waals surface area contributed by atoms with Gasteiger partial charge in [-0.15, -0.1) is 11.3 Å². The van der Waals surface area contributed by atoms with E-state index in [4.69, 9.17) is 10.3 Å². The standard InChI is InChI=1S/C11H12N4OS/c1-2-7(12)10-14-9(15-16-10)8-5-6-3-4-13-11(6)17-8/h3-5,7,13H,2,12H2,1H3. The SMILES string of the molecule is CCC(N)c1nc(-c2cc3cc[nH]c3s2)no1. The molecule has 3 rings (SSSR count). The fraction of sp³-hybridized carbons (Fsp3) is 0.273. The van der Waals surface area contributed by atoms with Gasteiger partial charge in [0, 0.05) is 11.6 Å². The molecule has 0 fully saturated rings. The zero-order valence-corrected chi connectivity index (χ0v) is 10.1. The second-order valence-corrected chi connectivity index (χ2v) is 4.90. The van der Waals surface area contributed by atoms with E-state index in [0.29, 0.717) is 11.7 Å². The van der Waals surface area contributed by atoms with Crippen molar-refractivity contribution < 1.29 is 4.52 Å². The monoisotopic (exact) mass is 248 g/mol. The van der Waals surface area contributed by atoms with Crippen molar-refractivity contribution in [3.05, 3.63) is 24.2 Å². The zero-order chi connectivity index (χ0) is 11.8. The summed E-state index contributed by atoms with van der Waals surface area (Å²) >= 11 is 1.61. The Morgan fingerprint density at radius 2 is 2.47 bits per heavy atom. The number of nitrogens with one attached hydrogen (secondary N) is 1. The molecule has 17 heavy (non-hydrogen) atoms. The maximum absolute atomic E-state index is 5.84. The van der Waals surface area contributed by atoms with Crippen LogP contribution in [0.5, 0.6) is 0 Å². The predicted octanol–water partition coefficient (Wildman–Crippen LogP) is 2.69. The number of aromatic nitrogens is 3. The first-order valence-electron chi connectivity index (χ1n) is 5.44. The van der Waals surface area contributed by atoms with Gasteiger partial charge in [0.25, 0.3) is 0 Å². The molecule has 0 amide bonds. The van der Waals surface area contributed by atoms with Crippen LogP contribution in [0.25, 0.3) is 20.9 Å². The number of hydrogen-bond donors (Lipinski definition) is 2. The molecule has 3 N–H and O–H groups in total. The summed E-state index contributed by atoms with van der Waals surface area (Å²) in [5, 5.41) is 5.12. The van der Waals surface area contributed by atoms with E-state index in [1.807, 2.05) is 25.3 Å². The summed E-state index contributed by atoms with van der Waals surface area (Å²) in [5.41, 5.74) is 5.84. The highest BCUT2D eigenvalue weighted by molar-refractivity contribution is 7.21. The topological polar surface area (TPSA) is 80.7 Å². The highest BCUT2D eigenvalue weighted by Crippen LogP contribution is 2.31. The van der Waals surface area contributed by atoms with E-state index in [1.54, 1.807) is 11.3 Å². The summed E-state index contributed by atoms with van der Waals surface area (Å²) in [6.07, 6.45) is 2.70. The van der Waals surface area contributed by atoms with Crippen LogP contribution in [0.15, 0.2) is 22.9 Å². The number of hydrogen-bond acceptors (Lipinski definition) is 5. The molecule has 5 nitrogen and oxygen atoms in total. The third kappa shape index (κ3) is 1.75. The summed E-state index contributed by atoms with van der Waals surface area (Å²) in [7, 11) is 0. The molecule has 6 heteroatoms. The predicted molar refractivity (Wildman–Crippen MR) is 66.7 cm³/mol. The first kappa shape index (κ1) is 10.5. The van der Waals surface area contributed by atoms with Crippen LogP contribution in [0.4, 0.5) is 0 Å². The van der Waals surface area contributed by atoms with Crippen LogP contribution in [0.3, 0.4) is 0 Å². The van der Waals surface area contributed by atoms with E-state index in [-0.39, 0.29) is 6.04 Å². The van der Waals surface area contributed by atoms with Crippen molar-refractivity contribution >= 4 is 21.6 Å². The van der Waals surface area contributed by atoms with Gasteiger partial charge in [-0.3, -0.25) is 0 Å². The lowest BCUT2D eigenvalue weighted by Gasteiger charge is -1.98. The van der Waals surface area contributed by atoms with Gasteiger partial charge in [0.1, 0.15) is 4.83 Å². The lowest BCUT2D eigenvalue weighted by molar-refractivity contribution is 0.352. The number of aromatic amines is 1. The first-order chi connectivity index (χ1) is 8.28. The molecular weight excluding hydrogens is 236 g/mol. The molecule has 0 aromatic carbocycles. The van der Waals surface area contributed by atoms with Gasteiger partial charge in [-0.1, -0.05) is 12.1 Å². The molecule has 0 aliphatic carbocycles. The second-order valence-electron chi connectivity index (χ2n) is 3.84. The Kier molecular flexibility index (Phi) is 2.45. The molecule has 1 atom stereocenters. The van der Waals surface area contributed by atoms with Crippen LogP contribution < -0.4 is 5.73 Å². The summed E-state index contributed by atoms with van der Waals surface area (Å²) < 4.78 is 5.15. The van der Waals surface area contributed by atoms with E-state index in [2.05, 4.69) is 15.1 Å². The van der Waals surface area contributed by atoms with Gasteiger partial charge in [0.15, 0.2) is 0 Å². The highest BCUT2D eigenvalue weighted by Gasteiger charge is 2.15. The van der Waals surface area contributed by atoms with Crippen molar-refractivity contribution in [3.63, 3.8) is 0 Å². The summed E-state index contributed by atoms with van der Waals surface area (Å²) in [5.74, 6) is 1.11. The van der Waals surface area contributed by atoms with E-state index in [1.165, 1.54) is 0 Å². The number of nitrogens with two attached hydrogens (primary N) is 1. The van der Waals surface area contributed by atoms with Crippen LogP contribution in [-0.4, -0.2) is 15.1 Å². The Morgan fingerprint density at radius 3 is 3.24 bits per heavy atom. The third-order valence-corrected chi connectivity index (χ3v) is 3.74. The van der Waals surface area contributed by atoms with E-state index in [0.717, 1.165) is 21.5 Å². The minimum atomic E-state index is -0.180. The largest absolute Gasteiger partial charge is 0.353 e. The molecule has 88 valence electrons. The quantitative estimate of drug-likeness (QED) is 0.746. The average Bonchev–Trinajstić information content (AvgIpc) is 3.00. The van der Waals surface area contributed by atoms with Crippen LogP contribution >= 0.6 is 11.3 Å². The van der Waals surface area contributed by atoms with Crippen molar-refractivity contribution in [2.24, 2.45) is 5.73 Å². The lowest BCUT2D eigenvalue weighted by Crippen LogP contribution is -2.08. The van der Waals surface area contributed by atoms with Gasteiger partial charge in [0.05, 0.1) is 10.9 Å². The van der Waals surface area contributed by atoms with Crippen molar-refractivity contribution in [3.8, 4) is 10.7 Å². The molecule has 3 aromatic rings. The maximum atomic E-state index is 5.84. The van der Waals surface area contributed by atoms with Gasteiger partial charge in [-0.25, -0.2) is 0 Å². The molecule has 0 spiro atoms. The van der Waals surface area contributed by atoms with Crippen LogP contribution in [-0.2, 0) is 0 Å². The number of rotatable bonds is 3. The van der Waals surface area contributed by atoms with Gasteiger partial charge < -0.3 is 15.2 Å². The Labute approximate surface area is 102 Å². The van der Waals surface area contributed by atoms with Crippen molar-refractivity contribution in [1.29, 1.82) is 0 Å². The fourth-order valence-corrected chi connectivity index (χ4v) is 2.57. The Bertz CT molecular complexity index is 610. The smallest absolute Gasteiger partial charge is 0.243 e. The summed E-state index contributed by atoms with van der Waals surface area (Å²) in [4.78, 5) is 9.59. The van der Waals surface area contributed by atoms with Gasteiger partial charge in [-0.05, 0) is 18.6 Å². The number of thiophene rings is 1. The third-order valence-electron chi connectivity index (χ3n) is 2.66. The molecule has 3 heterocycles. The van der Waals surface area contributed by atoms with E-state index < -0.39 is 0 Å². The van der Waals surface area contributed by atoms with Crippen molar-refractivity contribution in [2.75, 3.05) is 0 Å². The Hall–Kier alpha value is -1.66. The fourth-order valence-electron chi connectivity index (χ4n) is 1.62. The molecule has 0 bridgehead atoms. The molecule has 0 saturated heterocycles. The highest BCUT2D eigenvalue weighted by atomic mass is 32.1. The average molecular weight is 248 g/mol.